The third-order valence-corrected chi connectivity index (χ3v) is 2.78. The molecule has 0 saturated heterocycles. The van der Waals surface area contributed by atoms with E-state index in [0.29, 0.717) is 12.5 Å². The Morgan fingerprint density at radius 3 is 2.79 bits per heavy atom. The number of likely N-dealkylation sites (N-methyl/N-ethyl adjacent to an activating group) is 1. The van der Waals surface area contributed by atoms with Crippen molar-refractivity contribution in [2.24, 2.45) is 5.73 Å². The zero-order valence-corrected chi connectivity index (χ0v) is 9.84. The first-order chi connectivity index (χ1) is 6.65. The number of nitrogens with two attached hydrogens (primary N) is 1. The SMILES string of the molecule is CC(C)c1nnsc1CN(C)CCN. The first kappa shape index (κ1) is 11.6. The van der Waals surface area contributed by atoms with Crippen molar-refractivity contribution in [2.45, 2.75) is 26.3 Å². The Bertz CT molecular complexity index is 272. The molecule has 0 aliphatic carbocycles. The Kier molecular flexibility index (Phi) is 4.44. The van der Waals surface area contributed by atoms with Gasteiger partial charge in [-0.2, -0.15) is 0 Å². The molecule has 1 aromatic rings. The van der Waals surface area contributed by atoms with Gasteiger partial charge in [0.15, 0.2) is 0 Å². The fourth-order valence-corrected chi connectivity index (χ4v) is 2.18. The molecule has 0 aliphatic rings. The van der Waals surface area contributed by atoms with Gasteiger partial charge in [-0.25, -0.2) is 0 Å². The molecule has 0 atom stereocenters. The third-order valence-electron chi connectivity index (χ3n) is 2.06. The van der Waals surface area contributed by atoms with E-state index in [0.717, 1.165) is 18.8 Å². The van der Waals surface area contributed by atoms with Crippen LogP contribution >= 0.6 is 11.5 Å². The van der Waals surface area contributed by atoms with E-state index in [2.05, 4.69) is 35.4 Å². The van der Waals surface area contributed by atoms with Crippen LogP contribution in [0, 0.1) is 0 Å². The van der Waals surface area contributed by atoms with E-state index in [-0.39, 0.29) is 0 Å². The number of nitrogens with zero attached hydrogens (tertiary/aromatic N) is 3. The molecule has 4 nitrogen and oxygen atoms in total. The van der Waals surface area contributed by atoms with Crippen LogP contribution in [0.2, 0.25) is 0 Å². The van der Waals surface area contributed by atoms with Crippen molar-refractivity contribution < 1.29 is 0 Å². The molecule has 0 fully saturated rings. The normalized spacial score (nSPS) is 11.6. The van der Waals surface area contributed by atoms with Crippen molar-refractivity contribution in [1.29, 1.82) is 0 Å². The molecule has 0 amide bonds. The minimum atomic E-state index is 0.454. The van der Waals surface area contributed by atoms with Crippen molar-refractivity contribution >= 4 is 11.5 Å². The summed E-state index contributed by atoms with van der Waals surface area (Å²) in [5.74, 6) is 0.454. The van der Waals surface area contributed by atoms with Gasteiger partial charge in [0.2, 0.25) is 0 Å². The minimum absolute atomic E-state index is 0.454. The van der Waals surface area contributed by atoms with Crippen LogP contribution < -0.4 is 5.73 Å². The summed E-state index contributed by atoms with van der Waals surface area (Å²) in [6.45, 7) is 6.80. The molecule has 1 aromatic heterocycles. The minimum Gasteiger partial charge on any atom is -0.329 e. The van der Waals surface area contributed by atoms with Crippen LogP contribution in [0.5, 0.6) is 0 Å². The van der Waals surface area contributed by atoms with Crippen molar-refractivity contribution in [1.82, 2.24) is 14.5 Å². The van der Waals surface area contributed by atoms with E-state index >= 15 is 0 Å². The lowest BCUT2D eigenvalue weighted by atomic mass is 10.1. The Morgan fingerprint density at radius 2 is 2.21 bits per heavy atom. The average molecular weight is 214 g/mol. The Balaban J connectivity index is 2.61. The summed E-state index contributed by atoms with van der Waals surface area (Å²) >= 11 is 1.49. The highest BCUT2D eigenvalue weighted by Gasteiger charge is 2.12. The predicted octanol–water partition coefficient (Wildman–Crippen LogP) is 1.05. The molecular formula is C9H18N4S. The molecule has 0 radical (unpaired) electrons. The second-order valence-corrected chi connectivity index (χ2v) is 4.60. The molecule has 0 bridgehead atoms. The Labute approximate surface area is 89.3 Å². The number of aromatic nitrogens is 2. The number of hydrogen-bond donors (Lipinski definition) is 1. The van der Waals surface area contributed by atoms with E-state index in [1.54, 1.807) is 0 Å². The Hall–Kier alpha value is -0.520. The lowest BCUT2D eigenvalue weighted by Gasteiger charge is -2.14. The number of rotatable bonds is 5. The van der Waals surface area contributed by atoms with Gasteiger partial charge in [0.05, 0.1) is 10.6 Å². The van der Waals surface area contributed by atoms with Crippen LogP contribution in [0.3, 0.4) is 0 Å². The van der Waals surface area contributed by atoms with Gasteiger partial charge >= 0.3 is 0 Å². The summed E-state index contributed by atoms with van der Waals surface area (Å²) in [6, 6.07) is 0. The molecule has 1 heterocycles. The smallest absolute Gasteiger partial charge is 0.0826 e. The van der Waals surface area contributed by atoms with E-state index in [1.807, 2.05) is 0 Å². The van der Waals surface area contributed by atoms with Crippen LogP contribution in [0.15, 0.2) is 0 Å². The first-order valence-electron chi connectivity index (χ1n) is 4.85. The van der Waals surface area contributed by atoms with E-state index in [1.165, 1.54) is 16.4 Å². The maximum absolute atomic E-state index is 5.49. The molecule has 14 heavy (non-hydrogen) atoms. The summed E-state index contributed by atoms with van der Waals surface area (Å²) in [7, 11) is 2.07. The highest BCUT2D eigenvalue weighted by atomic mass is 32.1. The van der Waals surface area contributed by atoms with Crippen molar-refractivity contribution in [2.75, 3.05) is 20.1 Å². The standard InChI is InChI=1S/C9H18N4S/c1-7(2)9-8(14-12-11-9)6-13(3)5-4-10/h7H,4-6,10H2,1-3H3. The van der Waals surface area contributed by atoms with Gasteiger partial charge in [0, 0.05) is 19.6 Å². The lowest BCUT2D eigenvalue weighted by Crippen LogP contribution is -2.25. The molecular weight excluding hydrogens is 196 g/mol. The van der Waals surface area contributed by atoms with Crippen LogP contribution in [0.25, 0.3) is 0 Å². The first-order valence-corrected chi connectivity index (χ1v) is 5.62. The van der Waals surface area contributed by atoms with Crippen molar-refractivity contribution in [3.05, 3.63) is 10.6 Å². The fraction of sp³-hybridized carbons (Fsp3) is 0.778. The number of hydrogen-bond acceptors (Lipinski definition) is 5. The van der Waals surface area contributed by atoms with E-state index in [4.69, 9.17) is 5.73 Å². The zero-order valence-electron chi connectivity index (χ0n) is 9.03. The maximum Gasteiger partial charge on any atom is 0.0826 e. The maximum atomic E-state index is 5.49. The van der Waals surface area contributed by atoms with Gasteiger partial charge in [-0.1, -0.05) is 18.3 Å². The quantitative estimate of drug-likeness (QED) is 0.796. The van der Waals surface area contributed by atoms with E-state index in [9.17, 15) is 0 Å². The van der Waals surface area contributed by atoms with Crippen LogP contribution in [-0.2, 0) is 6.54 Å². The molecule has 80 valence electrons. The molecule has 2 N–H and O–H groups in total. The van der Waals surface area contributed by atoms with Gasteiger partial charge < -0.3 is 5.73 Å². The second kappa shape index (κ2) is 5.38. The summed E-state index contributed by atoms with van der Waals surface area (Å²) in [5.41, 5.74) is 6.61. The van der Waals surface area contributed by atoms with E-state index < -0.39 is 0 Å². The summed E-state index contributed by atoms with van der Waals surface area (Å²) < 4.78 is 3.99. The van der Waals surface area contributed by atoms with Crippen molar-refractivity contribution in [3.8, 4) is 0 Å². The Morgan fingerprint density at radius 1 is 1.50 bits per heavy atom. The highest BCUT2D eigenvalue weighted by molar-refractivity contribution is 7.05. The van der Waals surface area contributed by atoms with Crippen LogP contribution in [0.4, 0.5) is 0 Å². The summed E-state index contributed by atoms with van der Waals surface area (Å²) in [5, 5.41) is 4.14. The topological polar surface area (TPSA) is 55.0 Å². The van der Waals surface area contributed by atoms with Gasteiger partial charge in [-0.15, -0.1) is 5.10 Å². The van der Waals surface area contributed by atoms with Gasteiger partial charge in [0.1, 0.15) is 0 Å². The summed E-state index contributed by atoms with van der Waals surface area (Å²) in [4.78, 5) is 3.46. The highest BCUT2D eigenvalue weighted by Crippen LogP contribution is 2.20. The largest absolute Gasteiger partial charge is 0.329 e. The molecule has 5 heteroatoms. The molecule has 0 unspecified atom stereocenters. The van der Waals surface area contributed by atoms with Gasteiger partial charge in [0.25, 0.3) is 0 Å². The summed E-state index contributed by atoms with van der Waals surface area (Å²) in [6.07, 6.45) is 0. The van der Waals surface area contributed by atoms with Crippen LogP contribution in [-0.4, -0.2) is 34.6 Å². The lowest BCUT2D eigenvalue weighted by molar-refractivity contribution is 0.337. The van der Waals surface area contributed by atoms with Crippen molar-refractivity contribution in [3.63, 3.8) is 0 Å². The zero-order chi connectivity index (χ0) is 10.6. The molecule has 0 aliphatic heterocycles. The molecule has 1 rings (SSSR count). The second-order valence-electron chi connectivity index (χ2n) is 3.76. The third kappa shape index (κ3) is 3.01. The fourth-order valence-electron chi connectivity index (χ4n) is 1.31. The van der Waals surface area contributed by atoms with Gasteiger partial charge in [-0.05, 0) is 24.5 Å². The predicted molar refractivity (Wildman–Crippen MR) is 59.4 cm³/mol. The van der Waals surface area contributed by atoms with Crippen LogP contribution in [0.1, 0.15) is 30.3 Å². The van der Waals surface area contributed by atoms with Gasteiger partial charge in [-0.3, -0.25) is 4.90 Å². The molecule has 0 aromatic carbocycles. The average Bonchev–Trinajstić information content (AvgIpc) is 2.52. The molecule has 0 spiro atoms. The molecule has 0 saturated carbocycles. The monoisotopic (exact) mass is 214 g/mol.